The molecule has 0 heterocycles. The van der Waals surface area contributed by atoms with Crippen LogP contribution < -0.4 is 15.4 Å². The number of ether oxygens (including phenoxy) is 1. The molecular formula is C20H25N3O5. The molecule has 0 bridgehead atoms. The first-order valence-corrected chi connectivity index (χ1v) is 8.77. The number of amides is 1. The minimum absolute atomic E-state index is 0.0373. The Kier molecular flexibility index (Phi) is 6.12. The third kappa shape index (κ3) is 4.91. The van der Waals surface area contributed by atoms with Crippen LogP contribution in [0.25, 0.3) is 0 Å². The summed E-state index contributed by atoms with van der Waals surface area (Å²) in [5.74, 6) is 0.355. The summed E-state index contributed by atoms with van der Waals surface area (Å²) in [6.45, 7) is 6.62. The summed E-state index contributed by atoms with van der Waals surface area (Å²) >= 11 is 0. The zero-order valence-electron chi connectivity index (χ0n) is 16.4. The van der Waals surface area contributed by atoms with Crippen molar-refractivity contribution >= 4 is 23.2 Å². The Balaban J connectivity index is 2.11. The zero-order valence-corrected chi connectivity index (χ0v) is 16.4. The van der Waals surface area contributed by atoms with Crippen LogP contribution in [0.5, 0.6) is 5.75 Å². The van der Waals surface area contributed by atoms with Crippen LogP contribution in [-0.2, 0) is 11.8 Å². The van der Waals surface area contributed by atoms with Gasteiger partial charge in [0.1, 0.15) is 11.4 Å². The number of anilines is 2. The van der Waals surface area contributed by atoms with Crippen molar-refractivity contribution in [1.82, 2.24) is 0 Å². The molecule has 0 atom stereocenters. The maximum Gasteiger partial charge on any atom is 0.411 e. The number of nitrogens with zero attached hydrogens (tertiary/aromatic N) is 2. The third-order valence-corrected chi connectivity index (χ3v) is 4.38. The SMILES string of the molecule is CN(C(=O)O)c1cc(OCCc2ccc(C(C)(C)C)c(N)c2)ccc1[N+](=O)[O-]. The van der Waals surface area contributed by atoms with E-state index in [9.17, 15) is 14.9 Å². The van der Waals surface area contributed by atoms with Crippen LogP contribution in [0.4, 0.5) is 21.9 Å². The van der Waals surface area contributed by atoms with Crippen molar-refractivity contribution in [3.05, 3.63) is 57.6 Å². The number of nitro benzene ring substituents is 1. The van der Waals surface area contributed by atoms with E-state index in [1.54, 1.807) is 0 Å². The predicted molar refractivity (Wildman–Crippen MR) is 108 cm³/mol. The molecule has 2 aromatic rings. The van der Waals surface area contributed by atoms with Gasteiger partial charge >= 0.3 is 6.09 Å². The Hall–Kier alpha value is -3.29. The summed E-state index contributed by atoms with van der Waals surface area (Å²) in [6, 6.07) is 9.97. The van der Waals surface area contributed by atoms with E-state index in [1.807, 2.05) is 18.2 Å². The molecule has 0 saturated heterocycles. The molecule has 3 N–H and O–H groups in total. The number of carbonyl (C=O) groups is 1. The Morgan fingerprint density at radius 2 is 1.93 bits per heavy atom. The van der Waals surface area contributed by atoms with E-state index in [0.29, 0.717) is 18.8 Å². The van der Waals surface area contributed by atoms with Gasteiger partial charge in [-0.25, -0.2) is 4.79 Å². The first kappa shape index (κ1) is 21.0. The molecule has 0 aliphatic carbocycles. The van der Waals surface area contributed by atoms with E-state index >= 15 is 0 Å². The molecule has 1 amide bonds. The number of rotatable bonds is 6. The van der Waals surface area contributed by atoms with E-state index in [4.69, 9.17) is 15.6 Å². The van der Waals surface area contributed by atoms with E-state index in [2.05, 4.69) is 20.8 Å². The molecule has 2 rings (SSSR count). The van der Waals surface area contributed by atoms with E-state index in [-0.39, 0.29) is 16.8 Å². The first-order chi connectivity index (χ1) is 13.0. The van der Waals surface area contributed by atoms with Crippen LogP contribution >= 0.6 is 0 Å². The van der Waals surface area contributed by atoms with Crippen molar-refractivity contribution in [2.45, 2.75) is 32.6 Å². The molecule has 150 valence electrons. The second kappa shape index (κ2) is 8.16. The van der Waals surface area contributed by atoms with Gasteiger partial charge in [-0.05, 0) is 28.7 Å². The smallest absolute Gasteiger partial charge is 0.411 e. The molecule has 0 spiro atoms. The Morgan fingerprint density at radius 1 is 1.25 bits per heavy atom. The molecule has 8 heteroatoms. The van der Waals surface area contributed by atoms with E-state index < -0.39 is 11.0 Å². The van der Waals surface area contributed by atoms with Crippen molar-refractivity contribution in [2.75, 3.05) is 24.3 Å². The Bertz CT molecular complexity index is 890. The van der Waals surface area contributed by atoms with Crippen molar-refractivity contribution in [1.29, 1.82) is 0 Å². The van der Waals surface area contributed by atoms with Crippen LogP contribution in [-0.4, -0.2) is 29.8 Å². The fraction of sp³-hybridized carbons (Fsp3) is 0.350. The molecule has 0 aromatic heterocycles. The Morgan fingerprint density at radius 3 is 2.46 bits per heavy atom. The topological polar surface area (TPSA) is 119 Å². The van der Waals surface area contributed by atoms with Gasteiger partial charge in [-0.1, -0.05) is 32.9 Å². The summed E-state index contributed by atoms with van der Waals surface area (Å²) in [5, 5.41) is 20.2. The van der Waals surface area contributed by atoms with Crippen molar-refractivity contribution in [2.24, 2.45) is 0 Å². The zero-order chi connectivity index (χ0) is 21.1. The first-order valence-electron chi connectivity index (χ1n) is 8.77. The highest BCUT2D eigenvalue weighted by Gasteiger charge is 2.22. The summed E-state index contributed by atoms with van der Waals surface area (Å²) in [4.78, 5) is 22.4. The normalized spacial score (nSPS) is 11.1. The lowest BCUT2D eigenvalue weighted by atomic mass is 9.85. The summed E-state index contributed by atoms with van der Waals surface area (Å²) < 4.78 is 5.67. The number of nitrogens with two attached hydrogens (primary N) is 1. The molecular weight excluding hydrogens is 362 g/mol. The van der Waals surface area contributed by atoms with Crippen molar-refractivity contribution < 1.29 is 19.6 Å². The highest BCUT2D eigenvalue weighted by atomic mass is 16.6. The molecule has 28 heavy (non-hydrogen) atoms. The van der Waals surface area contributed by atoms with Crippen LogP contribution in [0.15, 0.2) is 36.4 Å². The van der Waals surface area contributed by atoms with Crippen LogP contribution in [0, 0.1) is 10.1 Å². The van der Waals surface area contributed by atoms with Crippen LogP contribution in [0.3, 0.4) is 0 Å². The van der Waals surface area contributed by atoms with Crippen LogP contribution in [0.2, 0.25) is 0 Å². The second-order valence-electron chi connectivity index (χ2n) is 7.52. The lowest BCUT2D eigenvalue weighted by Crippen LogP contribution is -2.24. The lowest BCUT2D eigenvalue weighted by Gasteiger charge is -2.21. The van der Waals surface area contributed by atoms with Crippen molar-refractivity contribution in [3.8, 4) is 5.75 Å². The van der Waals surface area contributed by atoms with Gasteiger partial charge in [0.15, 0.2) is 0 Å². The average Bonchev–Trinajstić information content (AvgIpc) is 2.59. The van der Waals surface area contributed by atoms with Crippen molar-refractivity contribution in [3.63, 3.8) is 0 Å². The lowest BCUT2D eigenvalue weighted by molar-refractivity contribution is -0.384. The molecule has 0 saturated carbocycles. The maximum atomic E-state index is 11.2. The highest BCUT2D eigenvalue weighted by Crippen LogP contribution is 2.32. The molecule has 8 nitrogen and oxygen atoms in total. The average molecular weight is 387 g/mol. The molecule has 2 aromatic carbocycles. The fourth-order valence-corrected chi connectivity index (χ4v) is 2.86. The molecule has 0 aliphatic heterocycles. The van der Waals surface area contributed by atoms with Gasteiger partial charge in [-0.3, -0.25) is 15.0 Å². The molecule has 0 aliphatic rings. The number of nitro groups is 1. The van der Waals surface area contributed by atoms with Gasteiger partial charge in [0.05, 0.1) is 11.5 Å². The predicted octanol–water partition coefficient (Wildman–Crippen LogP) is 4.21. The van der Waals surface area contributed by atoms with Gasteiger partial charge in [-0.15, -0.1) is 0 Å². The standard InChI is InChI=1S/C20H25N3O5/c1-20(2,3)15-7-5-13(11-16(15)21)9-10-28-14-6-8-17(23(26)27)18(12-14)22(4)19(24)25/h5-8,11-12H,9-10,21H2,1-4H3,(H,24,25). The number of nitrogen functional groups attached to an aromatic ring is 1. The van der Waals surface area contributed by atoms with Gasteiger partial charge in [-0.2, -0.15) is 0 Å². The number of benzene rings is 2. The van der Waals surface area contributed by atoms with E-state index in [1.165, 1.54) is 25.2 Å². The molecule has 0 unspecified atom stereocenters. The van der Waals surface area contributed by atoms with Crippen LogP contribution in [0.1, 0.15) is 31.9 Å². The quantitative estimate of drug-likeness (QED) is 0.435. The third-order valence-electron chi connectivity index (χ3n) is 4.38. The van der Waals surface area contributed by atoms with Gasteiger partial charge in [0.2, 0.25) is 0 Å². The minimum atomic E-state index is -1.30. The summed E-state index contributed by atoms with van der Waals surface area (Å²) in [7, 11) is 1.24. The van der Waals surface area contributed by atoms with E-state index in [0.717, 1.165) is 21.7 Å². The van der Waals surface area contributed by atoms with Gasteiger partial charge in [0.25, 0.3) is 5.69 Å². The molecule has 0 radical (unpaired) electrons. The highest BCUT2D eigenvalue weighted by molar-refractivity contribution is 5.89. The number of hydrogen-bond donors (Lipinski definition) is 2. The minimum Gasteiger partial charge on any atom is -0.493 e. The maximum absolute atomic E-state index is 11.2. The second-order valence-corrected chi connectivity index (χ2v) is 7.52. The monoisotopic (exact) mass is 387 g/mol. The summed E-state index contributed by atoms with van der Waals surface area (Å²) in [6.07, 6.45) is -0.704. The van der Waals surface area contributed by atoms with Gasteiger partial charge < -0.3 is 15.6 Å². The fourth-order valence-electron chi connectivity index (χ4n) is 2.86. The molecule has 0 fully saturated rings. The largest absolute Gasteiger partial charge is 0.493 e. The number of carboxylic acid groups (broad SMARTS) is 1. The van der Waals surface area contributed by atoms with Gasteiger partial charge in [0, 0.05) is 31.3 Å². The Labute approximate surface area is 163 Å². The number of hydrogen-bond acceptors (Lipinski definition) is 5. The summed E-state index contributed by atoms with van der Waals surface area (Å²) in [5.41, 5.74) is 8.58.